The zero-order chi connectivity index (χ0) is 14.8. The highest BCUT2D eigenvalue weighted by Gasteiger charge is 2.38. The standard InChI is InChI=1S/C14H14O5S/c15-13-7-5-11(6-8-13)3-4-12-2-1-9-14(16,10-12)20(17,18)19/h1-8,10,15-16H,9H2,(H,17,18,19). The molecule has 0 heterocycles. The molecule has 1 aliphatic rings. The van der Waals surface area contributed by atoms with Crippen LogP contribution in [0.1, 0.15) is 12.0 Å². The van der Waals surface area contributed by atoms with Gasteiger partial charge >= 0.3 is 0 Å². The predicted octanol–water partition coefficient (Wildman–Crippen LogP) is 1.87. The maximum atomic E-state index is 11.1. The molecule has 5 nitrogen and oxygen atoms in total. The Kier molecular flexibility index (Phi) is 3.80. The summed E-state index contributed by atoms with van der Waals surface area (Å²) in [6.45, 7) is 0. The Morgan fingerprint density at radius 1 is 1.15 bits per heavy atom. The number of hydrogen-bond acceptors (Lipinski definition) is 4. The Hall–Kier alpha value is -1.89. The van der Waals surface area contributed by atoms with Crippen molar-refractivity contribution < 1.29 is 23.2 Å². The van der Waals surface area contributed by atoms with Gasteiger partial charge in [-0.3, -0.25) is 4.55 Å². The van der Waals surface area contributed by atoms with Gasteiger partial charge in [0.1, 0.15) is 5.75 Å². The molecule has 0 amide bonds. The van der Waals surface area contributed by atoms with Gasteiger partial charge in [-0.25, -0.2) is 0 Å². The van der Waals surface area contributed by atoms with Crippen LogP contribution in [0.25, 0.3) is 6.08 Å². The molecule has 0 fully saturated rings. The summed E-state index contributed by atoms with van der Waals surface area (Å²) >= 11 is 0. The third-order valence-corrected chi connectivity index (χ3v) is 4.10. The van der Waals surface area contributed by atoms with Gasteiger partial charge in [0.05, 0.1) is 0 Å². The van der Waals surface area contributed by atoms with E-state index in [0.717, 1.165) is 11.6 Å². The molecule has 0 saturated heterocycles. The van der Waals surface area contributed by atoms with Gasteiger partial charge in [0.2, 0.25) is 4.93 Å². The number of allylic oxidation sites excluding steroid dienone is 3. The highest BCUT2D eigenvalue weighted by molar-refractivity contribution is 7.87. The molecule has 0 aromatic heterocycles. The van der Waals surface area contributed by atoms with E-state index >= 15 is 0 Å². The van der Waals surface area contributed by atoms with Gasteiger partial charge in [0.15, 0.2) is 0 Å². The minimum atomic E-state index is -4.59. The number of aromatic hydroxyl groups is 1. The fourth-order valence-electron chi connectivity index (χ4n) is 1.79. The van der Waals surface area contributed by atoms with Gasteiger partial charge in [-0.15, -0.1) is 0 Å². The number of aliphatic hydroxyl groups is 1. The van der Waals surface area contributed by atoms with Crippen LogP contribution in [0, 0.1) is 0 Å². The molecule has 0 bridgehead atoms. The molecule has 0 saturated carbocycles. The van der Waals surface area contributed by atoms with E-state index in [4.69, 9.17) is 9.66 Å². The van der Waals surface area contributed by atoms with Crippen molar-refractivity contribution in [2.45, 2.75) is 11.4 Å². The summed E-state index contributed by atoms with van der Waals surface area (Å²) in [5.41, 5.74) is 1.27. The first kappa shape index (κ1) is 14.5. The summed E-state index contributed by atoms with van der Waals surface area (Å²) in [7, 11) is -4.59. The lowest BCUT2D eigenvalue weighted by molar-refractivity contribution is 0.162. The first-order chi connectivity index (χ1) is 9.30. The lowest BCUT2D eigenvalue weighted by Gasteiger charge is -2.22. The number of rotatable bonds is 3. The Bertz CT molecular complexity index is 683. The van der Waals surface area contributed by atoms with E-state index in [1.807, 2.05) is 0 Å². The van der Waals surface area contributed by atoms with Crippen molar-refractivity contribution in [3.05, 3.63) is 59.7 Å². The van der Waals surface area contributed by atoms with E-state index in [1.54, 1.807) is 30.4 Å². The Morgan fingerprint density at radius 3 is 2.40 bits per heavy atom. The molecule has 3 N–H and O–H groups in total. The van der Waals surface area contributed by atoms with E-state index in [0.29, 0.717) is 5.57 Å². The quantitative estimate of drug-likeness (QED) is 0.740. The highest BCUT2D eigenvalue weighted by atomic mass is 32.2. The molecule has 0 spiro atoms. The van der Waals surface area contributed by atoms with Crippen LogP contribution >= 0.6 is 0 Å². The van der Waals surface area contributed by atoms with E-state index < -0.39 is 15.1 Å². The van der Waals surface area contributed by atoms with Crippen molar-refractivity contribution in [1.82, 2.24) is 0 Å². The second-order valence-electron chi connectivity index (χ2n) is 4.50. The first-order valence-electron chi connectivity index (χ1n) is 5.86. The van der Waals surface area contributed by atoms with Gasteiger partial charge < -0.3 is 10.2 Å². The zero-order valence-electron chi connectivity index (χ0n) is 10.5. The van der Waals surface area contributed by atoms with Crippen LogP contribution in [0.2, 0.25) is 0 Å². The number of hydrogen-bond donors (Lipinski definition) is 3. The van der Waals surface area contributed by atoms with Gasteiger partial charge in [-0.2, -0.15) is 8.42 Å². The van der Waals surface area contributed by atoms with E-state index in [-0.39, 0.29) is 12.2 Å². The van der Waals surface area contributed by atoms with Crippen LogP contribution in [0.5, 0.6) is 5.75 Å². The summed E-state index contributed by atoms with van der Waals surface area (Å²) < 4.78 is 31.3. The summed E-state index contributed by atoms with van der Waals surface area (Å²) in [4.78, 5) is -2.28. The molecule has 0 radical (unpaired) electrons. The molecule has 2 rings (SSSR count). The SMILES string of the molecule is O=S(=O)(O)C1(O)C=C(C=Cc2ccc(O)cc2)C=CC1. The fourth-order valence-corrected chi connectivity index (χ4v) is 2.38. The van der Waals surface area contributed by atoms with Crippen LogP contribution in [0.15, 0.2) is 54.1 Å². The van der Waals surface area contributed by atoms with Gasteiger partial charge in [-0.05, 0) is 29.3 Å². The molecule has 106 valence electrons. The van der Waals surface area contributed by atoms with Crippen LogP contribution in [-0.4, -0.2) is 28.1 Å². The minimum absolute atomic E-state index is 0.152. The second kappa shape index (κ2) is 5.24. The van der Waals surface area contributed by atoms with Crippen molar-refractivity contribution in [3.63, 3.8) is 0 Å². The van der Waals surface area contributed by atoms with E-state index in [1.165, 1.54) is 18.2 Å². The monoisotopic (exact) mass is 294 g/mol. The highest BCUT2D eigenvalue weighted by Crippen LogP contribution is 2.27. The zero-order valence-corrected chi connectivity index (χ0v) is 11.3. The number of phenolic OH excluding ortho intramolecular Hbond substituents is 1. The Labute approximate surface area is 116 Å². The summed E-state index contributed by atoms with van der Waals surface area (Å²) in [6.07, 6.45) is 7.34. The summed E-state index contributed by atoms with van der Waals surface area (Å²) in [5.74, 6) is 0.152. The Morgan fingerprint density at radius 2 is 1.80 bits per heavy atom. The number of phenols is 1. The molecular weight excluding hydrogens is 280 g/mol. The minimum Gasteiger partial charge on any atom is -0.508 e. The lowest BCUT2D eigenvalue weighted by atomic mass is 10.0. The topological polar surface area (TPSA) is 94.8 Å². The van der Waals surface area contributed by atoms with Crippen molar-refractivity contribution in [3.8, 4) is 5.75 Å². The molecule has 6 heteroatoms. The van der Waals surface area contributed by atoms with Gasteiger partial charge in [-0.1, -0.05) is 36.4 Å². The summed E-state index contributed by atoms with van der Waals surface area (Å²) in [6, 6.07) is 6.43. The first-order valence-corrected chi connectivity index (χ1v) is 7.30. The fraction of sp³-hybridized carbons (Fsp3) is 0.143. The average Bonchev–Trinajstić information content (AvgIpc) is 2.37. The van der Waals surface area contributed by atoms with Crippen LogP contribution in [-0.2, 0) is 10.1 Å². The molecule has 1 unspecified atom stereocenters. The van der Waals surface area contributed by atoms with Crippen LogP contribution in [0.4, 0.5) is 0 Å². The average molecular weight is 294 g/mol. The van der Waals surface area contributed by atoms with Gasteiger partial charge in [0.25, 0.3) is 10.1 Å². The third kappa shape index (κ3) is 3.16. The molecule has 1 aliphatic carbocycles. The lowest BCUT2D eigenvalue weighted by Crippen LogP contribution is -2.36. The van der Waals surface area contributed by atoms with Crippen molar-refractivity contribution in [2.24, 2.45) is 0 Å². The van der Waals surface area contributed by atoms with E-state index in [9.17, 15) is 13.5 Å². The third-order valence-electron chi connectivity index (χ3n) is 2.92. The number of benzene rings is 1. The molecule has 1 atom stereocenters. The molecule has 1 aromatic rings. The van der Waals surface area contributed by atoms with Gasteiger partial charge in [0, 0.05) is 6.42 Å². The van der Waals surface area contributed by atoms with Crippen LogP contribution < -0.4 is 0 Å². The summed E-state index contributed by atoms with van der Waals surface area (Å²) in [5, 5.41) is 19.0. The molecule has 20 heavy (non-hydrogen) atoms. The van der Waals surface area contributed by atoms with Crippen molar-refractivity contribution >= 4 is 16.2 Å². The largest absolute Gasteiger partial charge is 0.508 e. The normalized spacial score (nSPS) is 23.0. The van der Waals surface area contributed by atoms with E-state index in [2.05, 4.69) is 0 Å². The van der Waals surface area contributed by atoms with Crippen LogP contribution in [0.3, 0.4) is 0 Å². The van der Waals surface area contributed by atoms with Crippen molar-refractivity contribution in [1.29, 1.82) is 0 Å². The second-order valence-corrected chi connectivity index (χ2v) is 6.15. The maximum Gasteiger partial charge on any atom is 0.299 e. The molecule has 0 aliphatic heterocycles. The molecule has 1 aromatic carbocycles. The van der Waals surface area contributed by atoms with Crippen molar-refractivity contribution in [2.75, 3.05) is 0 Å². The Balaban J connectivity index is 2.25. The smallest absolute Gasteiger partial charge is 0.299 e. The predicted molar refractivity (Wildman–Crippen MR) is 75.5 cm³/mol. The maximum absolute atomic E-state index is 11.1. The molecular formula is C14H14O5S.